The third kappa shape index (κ3) is 2.18. The van der Waals surface area contributed by atoms with Crippen molar-refractivity contribution in [3.05, 3.63) is 47.1 Å². The molecule has 0 spiro atoms. The van der Waals surface area contributed by atoms with Crippen LogP contribution in [0.5, 0.6) is 0 Å². The lowest BCUT2D eigenvalue weighted by molar-refractivity contribution is 0.271. The zero-order valence-corrected chi connectivity index (χ0v) is 8.95. The van der Waals surface area contributed by atoms with E-state index in [4.69, 9.17) is 16.7 Å². The van der Waals surface area contributed by atoms with E-state index in [0.29, 0.717) is 16.3 Å². The molecular weight excluding hydrogens is 231 g/mol. The van der Waals surface area contributed by atoms with Crippen molar-refractivity contribution in [1.29, 1.82) is 0 Å². The van der Waals surface area contributed by atoms with Crippen molar-refractivity contribution in [2.24, 2.45) is 0 Å². The molecule has 0 atom stereocenters. The topological polar surface area (TPSA) is 46.0 Å². The van der Waals surface area contributed by atoms with Gasteiger partial charge in [0.05, 0.1) is 5.69 Å². The van der Waals surface area contributed by atoms with Gasteiger partial charge in [0.1, 0.15) is 12.4 Å². The molecule has 0 aliphatic heterocycles. The number of benzene rings is 1. The lowest BCUT2D eigenvalue weighted by atomic mass is 10.1. The Morgan fingerprint density at radius 2 is 2.12 bits per heavy atom. The number of nitrogens with zero attached hydrogens (tertiary/aromatic N) is 2. The van der Waals surface area contributed by atoms with E-state index in [2.05, 4.69) is 9.97 Å². The zero-order chi connectivity index (χ0) is 11.5. The fraction of sp³-hybridized carbons (Fsp3) is 0.0909. The van der Waals surface area contributed by atoms with Crippen molar-refractivity contribution in [3.63, 3.8) is 0 Å². The highest BCUT2D eigenvalue weighted by molar-refractivity contribution is 6.30. The summed E-state index contributed by atoms with van der Waals surface area (Å²) in [5.74, 6) is -0.163. The fourth-order valence-electron chi connectivity index (χ4n) is 1.32. The van der Waals surface area contributed by atoms with Gasteiger partial charge < -0.3 is 5.11 Å². The molecule has 5 heteroatoms. The third-order valence-corrected chi connectivity index (χ3v) is 2.29. The molecule has 0 aliphatic carbocycles. The van der Waals surface area contributed by atoms with E-state index in [1.807, 2.05) is 0 Å². The Balaban J connectivity index is 2.53. The summed E-state index contributed by atoms with van der Waals surface area (Å²) >= 11 is 5.78. The molecule has 1 N–H and O–H groups in total. The van der Waals surface area contributed by atoms with Crippen molar-refractivity contribution >= 4 is 11.6 Å². The van der Waals surface area contributed by atoms with Crippen molar-refractivity contribution in [3.8, 4) is 11.3 Å². The van der Waals surface area contributed by atoms with Crippen LogP contribution >= 0.6 is 11.6 Å². The van der Waals surface area contributed by atoms with Gasteiger partial charge >= 0.3 is 0 Å². The SMILES string of the molecule is OCc1nccc(-c2cc(Cl)ccc2F)n1. The Kier molecular flexibility index (Phi) is 3.12. The second kappa shape index (κ2) is 4.55. The molecule has 0 fully saturated rings. The fourth-order valence-corrected chi connectivity index (χ4v) is 1.49. The number of hydrogen-bond donors (Lipinski definition) is 1. The molecule has 0 bridgehead atoms. The highest BCUT2D eigenvalue weighted by atomic mass is 35.5. The van der Waals surface area contributed by atoms with Crippen molar-refractivity contribution in [1.82, 2.24) is 9.97 Å². The predicted molar refractivity (Wildman–Crippen MR) is 58.4 cm³/mol. The van der Waals surface area contributed by atoms with Gasteiger partial charge in [-0.15, -0.1) is 0 Å². The molecule has 0 unspecified atom stereocenters. The average Bonchev–Trinajstić information content (AvgIpc) is 2.32. The van der Waals surface area contributed by atoms with Gasteiger partial charge in [0.2, 0.25) is 0 Å². The van der Waals surface area contributed by atoms with Crippen LogP contribution in [-0.4, -0.2) is 15.1 Å². The van der Waals surface area contributed by atoms with Crippen molar-refractivity contribution in [2.75, 3.05) is 0 Å². The number of aliphatic hydroxyl groups is 1. The smallest absolute Gasteiger partial charge is 0.154 e. The maximum absolute atomic E-state index is 13.5. The zero-order valence-electron chi connectivity index (χ0n) is 8.19. The van der Waals surface area contributed by atoms with Crippen LogP contribution in [0.2, 0.25) is 5.02 Å². The van der Waals surface area contributed by atoms with Gasteiger partial charge in [-0.1, -0.05) is 11.6 Å². The minimum Gasteiger partial charge on any atom is -0.388 e. The summed E-state index contributed by atoms with van der Waals surface area (Å²) in [6.07, 6.45) is 1.47. The van der Waals surface area contributed by atoms with Crippen LogP contribution < -0.4 is 0 Å². The quantitative estimate of drug-likeness (QED) is 0.874. The molecule has 1 aromatic carbocycles. The largest absolute Gasteiger partial charge is 0.388 e. The predicted octanol–water partition coefficient (Wildman–Crippen LogP) is 2.43. The number of rotatable bonds is 2. The monoisotopic (exact) mass is 238 g/mol. The Labute approximate surface area is 96.6 Å². The first kappa shape index (κ1) is 11.0. The van der Waals surface area contributed by atoms with Crippen LogP contribution in [0.4, 0.5) is 4.39 Å². The van der Waals surface area contributed by atoms with Crippen LogP contribution in [0.25, 0.3) is 11.3 Å². The van der Waals surface area contributed by atoms with Gasteiger partial charge in [-0.05, 0) is 24.3 Å². The van der Waals surface area contributed by atoms with E-state index in [-0.39, 0.29) is 12.4 Å². The molecule has 82 valence electrons. The standard InChI is InChI=1S/C11H8ClFN2O/c12-7-1-2-9(13)8(5-7)10-3-4-14-11(6-16)15-10/h1-5,16H,6H2. The summed E-state index contributed by atoms with van der Waals surface area (Å²) < 4.78 is 13.5. The molecule has 2 aromatic rings. The lowest BCUT2D eigenvalue weighted by Crippen LogP contribution is -1.96. The minimum absolute atomic E-state index is 0.247. The Hall–Kier alpha value is -1.52. The molecule has 16 heavy (non-hydrogen) atoms. The van der Waals surface area contributed by atoms with E-state index in [9.17, 15) is 4.39 Å². The molecular formula is C11H8ClFN2O. The minimum atomic E-state index is -0.410. The number of aliphatic hydroxyl groups excluding tert-OH is 1. The molecule has 0 saturated heterocycles. The Morgan fingerprint density at radius 1 is 1.31 bits per heavy atom. The first-order valence-electron chi connectivity index (χ1n) is 4.59. The average molecular weight is 239 g/mol. The van der Waals surface area contributed by atoms with E-state index >= 15 is 0 Å². The molecule has 0 saturated carbocycles. The normalized spacial score (nSPS) is 10.4. The summed E-state index contributed by atoms with van der Waals surface area (Å²) in [5.41, 5.74) is 0.698. The second-order valence-electron chi connectivity index (χ2n) is 3.14. The van der Waals surface area contributed by atoms with Crippen molar-refractivity contribution in [2.45, 2.75) is 6.61 Å². The highest BCUT2D eigenvalue weighted by Crippen LogP contribution is 2.24. The summed E-state index contributed by atoms with van der Waals surface area (Å²) in [5, 5.41) is 9.32. The maximum Gasteiger partial charge on any atom is 0.154 e. The van der Waals surface area contributed by atoms with E-state index < -0.39 is 5.82 Å². The highest BCUT2D eigenvalue weighted by Gasteiger charge is 2.08. The molecule has 3 nitrogen and oxygen atoms in total. The van der Waals surface area contributed by atoms with Crippen LogP contribution in [-0.2, 0) is 6.61 Å². The van der Waals surface area contributed by atoms with Crippen LogP contribution in [0.15, 0.2) is 30.5 Å². The third-order valence-electron chi connectivity index (χ3n) is 2.05. The van der Waals surface area contributed by atoms with Gasteiger partial charge in [-0.25, -0.2) is 14.4 Å². The van der Waals surface area contributed by atoms with Gasteiger partial charge in [0, 0.05) is 16.8 Å². The van der Waals surface area contributed by atoms with Gasteiger partial charge in [-0.2, -0.15) is 0 Å². The number of halogens is 2. The van der Waals surface area contributed by atoms with E-state index in [0.717, 1.165) is 0 Å². The Bertz CT molecular complexity index is 519. The summed E-state index contributed by atoms with van der Waals surface area (Å²) in [4.78, 5) is 7.82. The van der Waals surface area contributed by atoms with Crippen LogP contribution in [0.1, 0.15) is 5.82 Å². The summed E-state index contributed by atoms with van der Waals surface area (Å²) in [7, 11) is 0. The van der Waals surface area contributed by atoms with Crippen LogP contribution in [0, 0.1) is 5.82 Å². The van der Waals surface area contributed by atoms with E-state index in [1.165, 1.54) is 24.4 Å². The Morgan fingerprint density at radius 3 is 2.88 bits per heavy atom. The molecule has 1 heterocycles. The van der Waals surface area contributed by atoms with Gasteiger partial charge in [-0.3, -0.25) is 0 Å². The summed E-state index contributed by atoms with van der Waals surface area (Å²) in [6.45, 7) is -0.282. The molecule has 0 amide bonds. The molecule has 1 aromatic heterocycles. The van der Waals surface area contributed by atoms with Crippen molar-refractivity contribution < 1.29 is 9.50 Å². The number of aromatic nitrogens is 2. The number of hydrogen-bond acceptors (Lipinski definition) is 3. The van der Waals surface area contributed by atoms with Crippen LogP contribution in [0.3, 0.4) is 0 Å². The van der Waals surface area contributed by atoms with Gasteiger partial charge in [0.15, 0.2) is 5.82 Å². The second-order valence-corrected chi connectivity index (χ2v) is 3.58. The first-order chi connectivity index (χ1) is 7.70. The molecule has 0 aliphatic rings. The summed E-state index contributed by atoms with van der Waals surface area (Å²) in [6, 6.07) is 5.79. The van der Waals surface area contributed by atoms with Gasteiger partial charge in [0.25, 0.3) is 0 Å². The maximum atomic E-state index is 13.5. The molecule has 2 rings (SSSR count). The van der Waals surface area contributed by atoms with E-state index in [1.54, 1.807) is 6.07 Å². The lowest BCUT2D eigenvalue weighted by Gasteiger charge is -2.04. The molecule has 0 radical (unpaired) electrons. The first-order valence-corrected chi connectivity index (χ1v) is 4.96.